The van der Waals surface area contributed by atoms with Crippen LogP contribution in [0.1, 0.15) is 0 Å². The van der Waals surface area contributed by atoms with Gasteiger partial charge in [0.05, 0.1) is 22.7 Å². The number of benzene rings is 2. The molecule has 3 rings (SSSR count). The molecular formula is C14H16N4. The van der Waals surface area contributed by atoms with E-state index in [0.29, 0.717) is 0 Å². The fourth-order valence-corrected chi connectivity index (χ4v) is 2.09. The minimum Gasteiger partial charge on any atom is -0.399 e. The molecule has 0 saturated carbocycles. The zero-order valence-corrected chi connectivity index (χ0v) is 10.5. The molecule has 2 aromatic carbocycles. The Morgan fingerprint density at radius 1 is 0.833 bits per heavy atom. The third kappa shape index (κ3) is 1.72. The smallest absolute Gasteiger partial charge is 0.0644 e. The van der Waals surface area contributed by atoms with E-state index in [9.17, 15) is 0 Å². The third-order valence-corrected chi connectivity index (χ3v) is 3.10. The summed E-state index contributed by atoms with van der Waals surface area (Å²) in [4.78, 5) is 2.08. The van der Waals surface area contributed by atoms with Crippen LogP contribution in [0.25, 0.3) is 0 Å². The van der Waals surface area contributed by atoms with Crippen molar-refractivity contribution in [3.8, 4) is 0 Å². The Balaban J connectivity index is 2.03. The molecule has 18 heavy (non-hydrogen) atoms. The van der Waals surface area contributed by atoms with Crippen LogP contribution in [-0.4, -0.2) is 14.1 Å². The fourth-order valence-electron chi connectivity index (χ4n) is 2.09. The van der Waals surface area contributed by atoms with Gasteiger partial charge in [-0.1, -0.05) is 0 Å². The minimum absolute atomic E-state index is 0.760. The van der Waals surface area contributed by atoms with Crippen LogP contribution in [0.15, 0.2) is 36.4 Å². The molecule has 2 aromatic rings. The van der Waals surface area contributed by atoms with Crippen LogP contribution in [0.4, 0.5) is 34.1 Å². The molecule has 1 heterocycles. The Morgan fingerprint density at radius 3 is 2.17 bits per heavy atom. The SMILES string of the molecule is CN(C)c1ccc2c(c1)Nc1cc(N)ccc1N2. The van der Waals surface area contributed by atoms with E-state index in [4.69, 9.17) is 5.73 Å². The Bertz CT molecular complexity index is 605. The number of nitrogens with two attached hydrogens (primary N) is 1. The van der Waals surface area contributed by atoms with Crippen LogP contribution in [0.2, 0.25) is 0 Å². The number of fused-ring (bicyclic) bond motifs is 2. The lowest BCUT2D eigenvalue weighted by atomic mass is 10.1. The van der Waals surface area contributed by atoms with Gasteiger partial charge in [-0.3, -0.25) is 0 Å². The lowest BCUT2D eigenvalue weighted by Crippen LogP contribution is -2.11. The molecule has 1 aliphatic rings. The number of nitrogens with one attached hydrogen (secondary N) is 2. The number of nitrogen functional groups attached to an aromatic ring is 1. The molecule has 0 atom stereocenters. The van der Waals surface area contributed by atoms with Gasteiger partial charge in [0.2, 0.25) is 0 Å². The van der Waals surface area contributed by atoms with Crippen molar-refractivity contribution in [1.82, 2.24) is 0 Å². The summed E-state index contributed by atoms with van der Waals surface area (Å²) >= 11 is 0. The Labute approximate surface area is 106 Å². The van der Waals surface area contributed by atoms with Crippen molar-refractivity contribution in [2.75, 3.05) is 35.4 Å². The first-order valence-electron chi connectivity index (χ1n) is 5.88. The standard InChI is InChI=1S/C14H16N4/c1-18(2)10-4-6-12-14(8-10)17-13-7-9(15)3-5-11(13)16-12/h3-8,16-17H,15H2,1-2H3. The average molecular weight is 240 g/mol. The number of hydrogen-bond acceptors (Lipinski definition) is 4. The molecule has 0 fully saturated rings. The second-order valence-corrected chi connectivity index (χ2v) is 4.68. The van der Waals surface area contributed by atoms with Crippen molar-refractivity contribution >= 4 is 34.1 Å². The second-order valence-electron chi connectivity index (χ2n) is 4.68. The second kappa shape index (κ2) is 3.84. The number of nitrogens with zero attached hydrogens (tertiary/aromatic N) is 1. The van der Waals surface area contributed by atoms with Crippen LogP contribution in [0.3, 0.4) is 0 Å². The predicted molar refractivity (Wildman–Crippen MR) is 78.2 cm³/mol. The number of rotatable bonds is 1. The maximum atomic E-state index is 5.80. The summed E-state index contributed by atoms with van der Waals surface area (Å²) in [6.45, 7) is 0. The van der Waals surface area contributed by atoms with E-state index in [1.54, 1.807) is 0 Å². The maximum absolute atomic E-state index is 5.80. The van der Waals surface area contributed by atoms with Crippen LogP contribution in [0, 0.1) is 0 Å². The van der Waals surface area contributed by atoms with Gasteiger partial charge in [0.25, 0.3) is 0 Å². The highest BCUT2D eigenvalue weighted by Crippen LogP contribution is 2.40. The normalized spacial score (nSPS) is 11.9. The average Bonchev–Trinajstić information content (AvgIpc) is 2.35. The fraction of sp³-hybridized carbons (Fsp3) is 0.143. The first-order chi connectivity index (χ1) is 8.63. The van der Waals surface area contributed by atoms with Gasteiger partial charge < -0.3 is 21.3 Å². The lowest BCUT2D eigenvalue weighted by Gasteiger charge is -2.25. The highest BCUT2D eigenvalue weighted by Gasteiger charge is 2.14. The van der Waals surface area contributed by atoms with Crippen molar-refractivity contribution in [3.63, 3.8) is 0 Å². The van der Waals surface area contributed by atoms with Gasteiger partial charge in [0, 0.05) is 25.5 Å². The van der Waals surface area contributed by atoms with E-state index < -0.39 is 0 Å². The Kier molecular flexibility index (Phi) is 2.30. The van der Waals surface area contributed by atoms with Gasteiger partial charge >= 0.3 is 0 Å². The molecule has 0 aromatic heterocycles. The summed E-state index contributed by atoms with van der Waals surface area (Å²) in [6, 6.07) is 12.1. The van der Waals surface area contributed by atoms with Gasteiger partial charge in [-0.05, 0) is 36.4 Å². The van der Waals surface area contributed by atoms with Crippen LogP contribution >= 0.6 is 0 Å². The molecule has 1 aliphatic heterocycles. The van der Waals surface area contributed by atoms with Crippen LogP contribution in [0.5, 0.6) is 0 Å². The molecule has 0 saturated heterocycles. The summed E-state index contributed by atoms with van der Waals surface area (Å²) in [5.74, 6) is 0. The predicted octanol–water partition coefficient (Wildman–Crippen LogP) is 3.14. The van der Waals surface area contributed by atoms with Crippen molar-refractivity contribution in [2.24, 2.45) is 0 Å². The van der Waals surface area contributed by atoms with Crippen molar-refractivity contribution in [1.29, 1.82) is 0 Å². The summed E-state index contributed by atoms with van der Waals surface area (Å²) in [5.41, 5.74) is 11.9. The van der Waals surface area contributed by atoms with Gasteiger partial charge in [-0.2, -0.15) is 0 Å². The van der Waals surface area contributed by atoms with E-state index in [1.165, 1.54) is 0 Å². The van der Waals surface area contributed by atoms with Crippen molar-refractivity contribution < 1.29 is 0 Å². The van der Waals surface area contributed by atoms with Crippen LogP contribution < -0.4 is 21.3 Å². The van der Waals surface area contributed by atoms with Crippen LogP contribution in [-0.2, 0) is 0 Å². The van der Waals surface area contributed by atoms with E-state index >= 15 is 0 Å². The van der Waals surface area contributed by atoms with Gasteiger partial charge in [0.1, 0.15) is 0 Å². The molecule has 4 nitrogen and oxygen atoms in total. The minimum atomic E-state index is 0.760. The first kappa shape index (κ1) is 10.8. The molecule has 0 aliphatic carbocycles. The van der Waals surface area contributed by atoms with E-state index in [1.807, 2.05) is 32.3 Å². The summed E-state index contributed by atoms with van der Waals surface area (Å²) in [7, 11) is 4.06. The molecule has 4 N–H and O–H groups in total. The molecule has 92 valence electrons. The topological polar surface area (TPSA) is 53.3 Å². The highest BCUT2D eigenvalue weighted by molar-refractivity contribution is 5.92. The zero-order valence-electron chi connectivity index (χ0n) is 10.5. The maximum Gasteiger partial charge on any atom is 0.0644 e. The zero-order chi connectivity index (χ0) is 12.7. The monoisotopic (exact) mass is 240 g/mol. The van der Waals surface area contributed by atoms with Gasteiger partial charge in [-0.25, -0.2) is 0 Å². The number of hydrogen-bond donors (Lipinski definition) is 3. The van der Waals surface area contributed by atoms with Crippen molar-refractivity contribution in [3.05, 3.63) is 36.4 Å². The van der Waals surface area contributed by atoms with Gasteiger partial charge in [0.15, 0.2) is 0 Å². The molecular weight excluding hydrogens is 224 g/mol. The summed E-state index contributed by atoms with van der Waals surface area (Å²) in [5, 5.41) is 6.80. The Hall–Kier alpha value is -2.36. The van der Waals surface area contributed by atoms with E-state index in [-0.39, 0.29) is 0 Å². The number of anilines is 6. The molecule has 0 radical (unpaired) electrons. The van der Waals surface area contributed by atoms with Gasteiger partial charge in [-0.15, -0.1) is 0 Å². The summed E-state index contributed by atoms with van der Waals surface area (Å²) in [6.07, 6.45) is 0. The van der Waals surface area contributed by atoms with E-state index in [2.05, 4.69) is 33.7 Å². The highest BCUT2D eigenvalue weighted by atomic mass is 15.1. The summed E-state index contributed by atoms with van der Waals surface area (Å²) < 4.78 is 0. The van der Waals surface area contributed by atoms with Crippen molar-refractivity contribution in [2.45, 2.75) is 0 Å². The molecule has 4 heteroatoms. The lowest BCUT2D eigenvalue weighted by molar-refractivity contribution is 1.13. The largest absolute Gasteiger partial charge is 0.399 e. The molecule has 0 amide bonds. The Morgan fingerprint density at radius 2 is 1.44 bits per heavy atom. The first-order valence-corrected chi connectivity index (χ1v) is 5.88. The van der Waals surface area contributed by atoms with E-state index in [0.717, 1.165) is 34.1 Å². The third-order valence-electron chi connectivity index (χ3n) is 3.10. The molecule has 0 bridgehead atoms. The quantitative estimate of drug-likeness (QED) is 0.572. The molecule has 0 unspecified atom stereocenters. The molecule has 0 spiro atoms.